The number of hydrazine groups is 1. The number of ether oxygens (including phenoxy) is 2. The van der Waals surface area contributed by atoms with Gasteiger partial charge in [0.25, 0.3) is 0 Å². The van der Waals surface area contributed by atoms with E-state index in [-0.39, 0.29) is 11.9 Å². The minimum atomic E-state index is -0.381. The Morgan fingerprint density at radius 2 is 1.95 bits per heavy atom. The first kappa shape index (κ1) is 13.8. The third-order valence-electron chi connectivity index (χ3n) is 3.32. The molecule has 0 spiro atoms. The molecule has 3 N–H and O–H groups in total. The number of pyridine rings is 1. The number of nitrogens with zero attached hydrogens (tertiary/aromatic N) is 1. The Hall–Kier alpha value is -2.18. The molecule has 0 bridgehead atoms. The normalized spacial score (nSPS) is 15.3. The Labute approximate surface area is 121 Å². The molecule has 21 heavy (non-hydrogen) atoms. The minimum Gasteiger partial charge on any atom is -0.490 e. The Morgan fingerprint density at radius 3 is 2.67 bits per heavy atom. The highest BCUT2D eigenvalue weighted by atomic mass is 19.1. The SMILES string of the molecule is NNC(c1ccc2c(c1)OCCCO2)c1ccc(F)cn1. The van der Waals surface area contributed by atoms with E-state index in [9.17, 15) is 4.39 Å². The van der Waals surface area contributed by atoms with Gasteiger partial charge >= 0.3 is 0 Å². The van der Waals surface area contributed by atoms with Gasteiger partial charge in [0.05, 0.1) is 31.1 Å². The van der Waals surface area contributed by atoms with E-state index < -0.39 is 0 Å². The molecule has 5 nitrogen and oxygen atoms in total. The average molecular weight is 289 g/mol. The van der Waals surface area contributed by atoms with Crippen molar-refractivity contribution in [3.05, 3.63) is 53.6 Å². The lowest BCUT2D eigenvalue weighted by Crippen LogP contribution is -2.29. The standard InChI is InChI=1S/C15H16FN3O2/c16-11-3-4-12(18-9-11)15(19-17)10-2-5-13-14(8-10)21-7-1-6-20-13/h2-5,8-9,15,19H,1,6-7,17H2. The molecule has 1 atom stereocenters. The average Bonchev–Trinajstić information content (AvgIpc) is 2.75. The maximum Gasteiger partial charge on any atom is 0.161 e. The van der Waals surface area contributed by atoms with Crippen LogP contribution in [0.5, 0.6) is 11.5 Å². The Kier molecular flexibility index (Phi) is 3.98. The van der Waals surface area contributed by atoms with Crippen molar-refractivity contribution in [2.75, 3.05) is 13.2 Å². The first-order chi connectivity index (χ1) is 10.3. The summed E-state index contributed by atoms with van der Waals surface area (Å²) in [6.07, 6.45) is 2.02. The van der Waals surface area contributed by atoms with Crippen molar-refractivity contribution in [1.82, 2.24) is 10.4 Å². The van der Waals surface area contributed by atoms with Gasteiger partial charge in [-0.2, -0.15) is 0 Å². The number of fused-ring (bicyclic) bond motifs is 1. The van der Waals surface area contributed by atoms with E-state index in [0.29, 0.717) is 24.7 Å². The molecule has 1 aliphatic rings. The van der Waals surface area contributed by atoms with Crippen molar-refractivity contribution in [2.24, 2.45) is 5.84 Å². The second-order valence-corrected chi connectivity index (χ2v) is 4.76. The van der Waals surface area contributed by atoms with Crippen LogP contribution in [0.25, 0.3) is 0 Å². The van der Waals surface area contributed by atoms with Crippen LogP contribution < -0.4 is 20.7 Å². The van der Waals surface area contributed by atoms with Gasteiger partial charge in [-0.05, 0) is 29.8 Å². The van der Waals surface area contributed by atoms with Crippen LogP contribution in [-0.4, -0.2) is 18.2 Å². The molecule has 0 fully saturated rings. The van der Waals surface area contributed by atoms with E-state index in [0.717, 1.165) is 17.7 Å². The predicted octanol–water partition coefficient (Wildman–Crippen LogP) is 1.93. The zero-order chi connectivity index (χ0) is 14.7. The van der Waals surface area contributed by atoms with Crippen LogP contribution >= 0.6 is 0 Å². The van der Waals surface area contributed by atoms with Crippen LogP contribution in [-0.2, 0) is 0 Å². The molecule has 1 aliphatic heterocycles. The van der Waals surface area contributed by atoms with E-state index in [1.807, 2.05) is 18.2 Å². The summed E-state index contributed by atoms with van der Waals surface area (Å²) in [7, 11) is 0. The van der Waals surface area contributed by atoms with E-state index >= 15 is 0 Å². The summed E-state index contributed by atoms with van der Waals surface area (Å²) < 4.78 is 24.2. The van der Waals surface area contributed by atoms with Gasteiger partial charge in [-0.3, -0.25) is 10.8 Å². The molecule has 0 aliphatic carbocycles. The van der Waals surface area contributed by atoms with Crippen LogP contribution in [0.4, 0.5) is 4.39 Å². The third-order valence-corrected chi connectivity index (χ3v) is 3.32. The van der Waals surface area contributed by atoms with Crippen molar-refractivity contribution < 1.29 is 13.9 Å². The van der Waals surface area contributed by atoms with Crippen LogP contribution in [0.1, 0.15) is 23.7 Å². The van der Waals surface area contributed by atoms with E-state index in [1.165, 1.54) is 12.3 Å². The fraction of sp³-hybridized carbons (Fsp3) is 0.267. The topological polar surface area (TPSA) is 69.4 Å². The number of halogens is 1. The smallest absolute Gasteiger partial charge is 0.161 e. The molecular weight excluding hydrogens is 273 g/mol. The van der Waals surface area contributed by atoms with Crippen molar-refractivity contribution in [2.45, 2.75) is 12.5 Å². The number of nitrogens with one attached hydrogen (secondary N) is 1. The molecule has 110 valence electrons. The summed E-state index contributed by atoms with van der Waals surface area (Å²) in [5.41, 5.74) is 4.20. The maximum atomic E-state index is 13.0. The molecule has 1 unspecified atom stereocenters. The third kappa shape index (κ3) is 2.96. The summed E-state index contributed by atoms with van der Waals surface area (Å²) in [6.45, 7) is 1.26. The maximum absolute atomic E-state index is 13.0. The Balaban J connectivity index is 1.93. The number of hydrogen-bond donors (Lipinski definition) is 2. The minimum absolute atomic E-state index is 0.345. The second kappa shape index (κ2) is 6.07. The van der Waals surface area contributed by atoms with Crippen LogP contribution in [0.2, 0.25) is 0 Å². The molecule has 1 aromatic heterocycles. The monoisotopic (exact) mass is 289 g/mol. The fourth-order valence-corrected chi connectivity index (χ4v) is 2.27. The molecule has 6 heteroatoms. The zero-order valence-corrected chi connectivity index (χ0v) is 11.4. The molecular formula is C15H16FN3O2. The van der Waals surface area contributed by atoms with E-state index in [2.05, 4.69) is 10.4 Å². The van der Waals surface area contributed by atoms with Crippen molar-refractivity contribution in [1.29, 1.82) is 0 Å². The van der Waals surface area contributed by atoms with Crippen molar-refractivity contribution >= 4 is 0 Å². The molecule has 3 rings (SSSR count). The molecule has 0 saturated heterocycles. The number of rotatable bonds is 3. The molecule has 1 aromatic carbocycles. The lowest BCUT2D eigenvalue weighted by molar-refractivity contribution is 0.297. The van der Waals surface area contributed by atoms with Crippen molar-refractivity contribution in [3.63, 3.8) is 0 Å². The summed E-state index contributed by atoms with van der Waals surface area (Å²) >= 11 is 0. The summed E-state index contributed by atoms with van der Waals surface area (Å²) in [4.78, 5) is 4.07. The second-order valence-electron chi connectivity index (χ2n) is 4.76. The van der Waals surface area contributed by atoms with Gasteiger partial charge in [-0.25, -0.2) is 9.82 Å². The molecule has 0 amide bonds. The number of aromatic nitrogens is 1. The van der Waals surface area contributed by atoms with Gasteiger partial charge in [0, 0.05) is 6.42 Å². The lowest BCUT2D eigenvalue weighted by atomic mass is 10.0. The molecule has 2 aromatic rings. The summed E-state index contributed by atoms with van der Waals surface area (Å²) in [6, 6.07) is 8.23. The molecule has 0 radical (unpaired) electrons. The number of hydrogen-bond acceptors (Lipinski definition) is 5. The Morgan fingerprint density at radius 1 is 1.14 bits per heavy atom. The first-order valence-electron chi connectivity index (χ1n) is 6.75. The van der Waals surface area contributed by atoms with Crippen molar-refractivity contribution in [3.8, 4) is 11.5 Å². The summed E-state index contributed by atoms with van der Waals surface area (Å²) in [5.74, 6) is 6.65. The van der Waals surface area contributed by atoms with Gasteiger partial charge in [-0.15, -0.1) is 0 Å². The summed E-state index contributed by atoms with van der Waals surface area (Å²) in [5, 5.41) is 0. The van der Waals surface area contributed by atoms with Gasteiger partial charge in [-0.1, -0.05) is 6.07 Å². The predicted molar refractivity (Wildman–Crippen MR) is 75.4 cm³/mol. The quantitative estimate of drug-likeness (QED) is 0.667. The lowest BCUT2D eigenvalue weighted by Gasteiger charge is -2.17. The number of nitrogens with two attached hydrogens (primary N) is 1. The molecule has 2 heterocycles. The zero-order valence-electron chi connectivity index (χ0n) is 11.4. The van der Waals surface area contributed by atoms with Gasteiger partial charge in [0.15, 0.2) is 11.5 Å². The highest BCUT2D eigenvalue weighted by Gasteiger charge is 2.18. The highest BCUT2D eigenvalue weighted by molar-refractivity contribution is 5.45. The molecule has 0 saturated carbocycles. The number of benzene rings is 1. The van der Waals surface area contributed by atoms with E-state index in [4.69, 9.17) is 15.3 Å². The fourth-order valence-electron chi connectivity index (χ4n) is 2.27. The van der Waals surface area contributed by atoms with Gasteiger partial charge in [0.1, 0.15) is 5.82 Å². The Bertz CT molecular complexity index is 619. The van der Waals surface area contributed by atoms with Gasteiger partial charge < -0.3 is 9.47 Å². The van der Waals surface area contributed by atoms with Crippen LogP contribution in [0, 0.1) is 5.82 Å². The largest absolute Gasteiger partial charge is 0.490 e. The van der Waals surface area contributed by atoms with E-state index in [1.54, 1.807) is 6.07 Å². The van der Waals surface area contributed by atoms with Gasteiger partial charge in [0.2, 0.25) is 0 Å². The van der Waals surface area contributed by atoms with Crippen LogP contribution in [0.15, 0.2) is 36.5 Å². The first-order valence-corrected chi connectivity index (χ1v) is 6.75. The van der Waals surface area contributed by atoms with Crippen LogP contribution in [0.3, 0.4) is 0 Å². The highest BCUT2D eigenvalue weighted by Crippen LogP contribution is 2.33.